The van der Waals surface area contributed by atoms with Crippen LogP contribution >= 0.6 is 11.6 Å². The highest BCUT2D eigenvalue weighted by atomic mass is 35.5. The van der Waals surface area contributed by atoms with Gasteiger partial charge in [0.2, 0.25) is 5.95 Å². The zero-order valence-corrected chi connectivity index (χ0v) is 16.0. The Labute approximate surface area is 166 Å². The van der Waals surface area contributed by atoms with Crippen molar-refractivity contribution in [2.75, 3.05) is 5.32 Å². The molecule has 0 saturated heterocycles. The summed E-state index contributed by atoms with van der Waals surface area (Å²) in [6, 6.07) is 15.2. The van der Waals surface area contributed by atoms with Gasteiger partial charge in [-0.25, -0.2) is 9.67 Å². The van der Waals surface area contributed by atoms with Crippen molar-refractivity contribution in [2.24, 2.45) is 5.92 Å². The average Bonchev–Trinajstić information content (AvgIpc) is 3.25. The van der Waals surface area contributed by atoms with Crippen molar-refractivity contribution in [1.82, 2.24) is 19.7 Å². The molecular weight excluding hydrogens is 374 g/mol. The van der Waals surface area contributed by atoms with E-state index in [2.05, 4.69) is 22.2 Å². The second-order valence-corrected chi connectivity index (χ2v) is 7.66. The molecular formula is C21H18ClN5O. The third kappa shape index (κ3) is 2.86. The minimum atomic E-state index is 0.104. The molecule has 2 heterocycles. The molecule has 2 N–H and O–H groups in total. The molecule has 0 aliphatic heterocycles. The van der Waals surface area contributed by atoms with Gasteiger partial charge in [0, 0.05) is 17.1 Å². The van der Waals surface area contributed by atoms with Crippen LogP contribution in [-0.2, 0) is 6.42 Å². The number of aromatic amines is 1. The van der Waals surface area contributed by atoms with Crippen molar-refractivity contribution in [2.45, 2.75) is 19.8 Å². The van der Waals surface area contributed by atoms with E-state index in [1.165, 1.54) is 0 Å². The van der Waals surface area contributed by atoms with E-state index in [0.717, 1.165) is 28.8 Å². The van der Waals surface area contributed by atoms with Crippen molar-refractivity contribution in [3.05, 3.63) is 64.8 Å². The highest BCUT2D eigenvalue weighted by Gasteiger charge is 2.31. The molecule has 4 aromatic rings. The number of aromatic nitrogens is 4. The summed E-state index contributed by atoms with van der Waals surface area (Å²) in [6.07, 6.45) is 1.29. The average molecular weight is 392 g/mol. The molecule has 140 valence electrons. The van der Waals surface area contributed by atoms with Gasteiger partial charge < -0.3 is 10.3 Å². The Kier molecular flexibility index (Phi) is 3.94. The van der Waals surface area contributed by atoms with Crippen LogP contribution in [0.5, 0.6) is 0 Å². The summed E-state index contributed by atoms with van der Waals surface area (Å²) in [5.74, 6) is 1.54. The van der Waals surface area contributed by atoms with Crippen LogP contribution in [0.15, 0.2) is 48.5 Å². The molecule has 1 unspecified atom stereocenters. The Balaban J connectivity index is 1.64. The van der Waals surface area contributed by atoms with Crippen LogP contribution in [0.25, 0.3) is 17.0 Å². The Morgan fingerprint density at radius 2 is 1.93 bits per heavy atom. The van der Waals surface area contributed by atoms with Gasteiger partial charge in [-0.05, 0) is 48.7 Å². The lowest BCUT2D eigenvalue weighted by molar-refractivity contribution is 0.0953. The van der Waals surface area contributed by atoms with Crippen LogP contribution in [0.3, 0.4) is 0 Å². The molecule has 5 rings (SSSR count). The Morgan fingerprint density at radius 1 is 1.14 bits per heavy atom. The van der Waals surface area contributed by atoms with Crippen molar-refractivity contribution >= 4 is 39.9 Å². The van der Waals surface area contributed by atoms with Gasteiger partial charge >= 0.3 is 0 Å². The van der Waals surface area contributed by atoms with Gasteiger partial charge in [0.25, 0.3) is 0 Å². The number of carbonyl (C=O) groups is 1. The number of nitrogens with one attached hydrogen (secondary N) is 2. The molecule has 1 aliphatic rings. The first kappa shape index (κ1) is 17.0. The largest absolute Gasteiger partial charge is 0.338 e. The van der Waals surface area contributed by atoms with E-state index in [-0.39, 0.29) is 11.7 Å². The van der Waals surface area contributed by atoms with E-state index in [1.54, 1.807) is 16.8 Å². The molecule has 7 heteroatoms. The van der Waals surface area contributed by atoms with Gasteiger partial charge in [0.05, 0.1) is 22.3 Å². The molecule has 28 heavy (non-hydrogen) atoms. The molecule has 6 nitrogen and oxygen atoms in total. The van der Waals surface area contributed by atoms with Gasteiger partial charge in [-0.1, -0.05) is 30.7 Å². The number of anilines is 2. The summed E-state index contributed by atoms with van der Waals surface area (Å²) in [7, 11) is 0. The SMILES string of the molecule is CC1CC(=O)c2c(Nc3ccc(Cl)cc3)nn(-c3nc4ccccc4[nH]3)c2C1. The number of hydrogen-bond donors (Lipinski definition) is 2. The van der Waals surface area contributed by atoms with Gasteiger partial charge in [-0.15, -0.1) is 5.10 Å². The van der Waals surface area contributed by atoms with Gasteiger partial charge in [-0.3, -0.25) is 4.79 Å². The number of carbonyl (C=O) groups excluding carboxylic acids is 1. The van der Waals surface area contributed by atoms with E-state index in [9.17, 15) is 4.79 Å². The third-order valence-corrected chi connectivity index (χ3v) is 5.27. The van der Waals surface area contributed by atoms with Gasteiger partial charge in [-0.2, -0.15) is 0 Å². The maximum Gasteiger partial charge on any atom is 0.229 e. The molecule has 0 saturated carbocycles. The highest BCUT2D eigenvalue weighted by Crippen LogP contribution is 2.33. The molecule has 0 radical (unpaired) electrons. The quantitative estimate of drug-likeness (QED) is 0.520. The summed E-state index contributed by atoms with van der Waals surface area (Å²) in [4.78, 5) is 20.8. The Hall–Kier alpha value is -3.12. The zero-order chi connectivity index (χ0) is 19.3. The van der Waals surface area contributed by atoms with Crippen LogP contribution in [0.4, 0.5) is 11.5 Å². The molecule has 0 amide bonds. The van der Waals surface area contributed by atoms with E-state index >= 15 is 0 Å². The summed E-state index contributed by atoms with van der Waals surface area (Å²) in [5, 5.41) is 8.65. The number of nitrogens with zero attached hydrogens (tertiary/aromatic N) is 3. The van der Waals surface area contributed by atoms with E-state index in [0.29, 0.717) is 28.8 Å². The number of ketones is 1. The van der Waals surface area contributed by atoms with Crippen molar-refractivity contribution in [3.63, 3.8) is 0 Å². The Morgan fingerprint density at radius 3 is 2.71 bits per heavy atom. The summed E-state index contributed by atoms with van der Waals surface area (Å²) in [6.45, 7) is 2.09. The highest BCUT2D eigenvalue weighted by molar-refractivity contribution is 6.30. The number of halogens is 1. The molecule has 0 bridgehead atoms. The summed E-state index contributed by atoms with van der Waals surface area (Å²) >= 11 is 5.98. The van der Waals surface area contributed by atoms with E-state index in [1.807, 2.05) is 36.4 Å². The first-order chi connectivity index (χ1) is 13.6. The first-order valence-corrected chi connectivity index (χ1v) is 9.59. The fourth-order valence-electron chi connectivity index (χ4n) is 3.73. The van der Waals surface area contributed by atoms with Crippen LogP contribution in [0.1, 0.15) is 29.4 Å². The second-order valence-electron chi connectivity index (χ2n) is 7.23. The smallest absolute Gasteiger partial charge is 0.229 e. The van der Waals surface area contributed by atoms with Crippen LogP contribution in [-0.4, -0.2) is 25.5 Å². The second kappa shape index (κ2) is 6.49. The minimum Gasteiger partial charge on any atom is -0.338 e. The normalized spacial score (nSPS) is 16.4. The van der Waals surface area contributed by atoms with Gasteiger partial charge in [0.1, 0.15) is 0 Å². The fraction of sp³-hybridized carbons (Fsp3) is 0.190. The summed E-state index contributed by atoms with van der Waals surface area (Å²) in [5.41, 5.74) is 4.16. The van der Waals surface area contributed by atoms with E-state index in [4.69, 9.17) is 16.7 Å². The van der Waals surface area contributed by atoms with Crippen LogP contribution in [0, 0.1) is 5.92 Å². The van der Waals surface area contributed by atoms with E-state index < -0.39 is 0 Å². The predicted octanol–water partition coefficient (Wildman–Crippen LogP) is 4.91. The number of fused-ring (bicyclic) bond motifs is 2. The first-order valence-electron chi connectivity index (χ1n) is 9.21. The molecule has 0 fully saturated rings. The number of Topliss-reactive ketones (excluding diaryl/α,β-unsaturated/α-hetero) is 1. The van der Waals surface area contributed by atoms with Crippen molar-refractivity contribution in [3.8, 4) is 5.95 Å². The van der Waals surface area contributed by atoms with Crippen LogP contribution < -0.4 is 5.32 Å². The maximum absolute atomic E-state index is 12.8. The molecule has 1 aliphatic carbocycles. The maximum atomic E-state index is 12.8. The molecule has 2 aromatic heterocycles. The minimum absolute atomic E-state index is 0.104. The number of imidazole rings is 1. The van der Waals surface area contributed by atoms with Crippen LogP contribution in [0.2, 0.25) is 5.02 Å². The number of rotatable bonds is 3. The third-order valence-electron chi connectivity index (χ3n) is 5.02. The lowest BCUT2D eigenvalue weighted by atomic mass is 9.88. The fourth-order valence-corrected chi connectivity index (χ4v) is 3.85. The predicted molar refractivity (Wildman–Crippen MR) is 110 cm³/mol. The molecule has 2 aromatic carbocycles. The number of H-pyrrole nitrogens is 1. The lowest BCUT2D eigenvalue weighted by Crippen LogP contribution is -2.20. The van der Waals surface area contributed by atoms with Crippen molar-refractivity contribution in [1.29, 1.82) is 0 Å². The molecule has 1 atom stereocenters. The van der Waals surface area contributed by atoms with Crippen molar-refractivity contribution < 1.29 is 4.79 Å². The number of para-hydroxylation sites is 2. The number of hydrogen-bond acceptors (Lipinski definition) is 4. The summed E-state index contributed by atoms with van der Waals surface area (Å²) < 4.78 is 1.77. The topological polar surface area (TPSA) is 75.6 Å². The number of benzene rings is 2. The van der Waals surface area contributed by atoms with Gasteiger partial charge in [0.15, 0.2) is 11.6 Å². The standard InChI is InChI=1S/C21H18ClN5O/c1-12-10-17-19(18(28)11-12)20(23-14-8-6-13(22)7-9-14)26-27(17)21-24-15-4-2-3-5-16(15)25-21/h2-9,12H,10-11H2,1H3,(H,23,26)(H,24,25). The zero-order valence-electron chi connectivity index (χ0n) is 15.2. The molecule has 0 spiro atoms. The monoisotopic (exact) mass is 391 g/mol. The Bertz CT molecular complexity index is 1160. The lowest BCUT2D eigenvalue weighted by Gasteiger charge is -2.18.